The first kappa shape index (κ1) is 13.2. The smallest absolute Gasteiger partial charge is 0.384 e. The summed E-state index contributed by atoms with van der Waals surface area (Å²) in [5.74, 6) is -0.658. The Morgan fingerprint density at radius 3 is 2.41 bits per heavy atom. The molecule has 8 heteroatoms. The Morgan fingerprint density at radius 2 is 2.00 bits per heavy atom. The maximum absolute atomic E-state index is 12.6. The van der Waals surface area contributed by atoms with Gasteiger partial charge >= 0.3 is 6.18 Å². The van der Waals surface area contributed by atoms with Crippen LogP contribution in [0, 0.1) is 11.3 Å². The second-order valence-electron chi connectivity index (χ2n) is 3.09. The number of nitriles is 1. The van der Waals surface area contributed by atoms with Crippen LogP contribution in [0.4, 0.5) is 27.8 Å². The van der Waals surface area contributed by atoms with Crippen LogP contribution in [-0.2, 0) is 12.6 Å². The summed E-state index contributed by atoms with van der Waals surface area (Å²) in [6.07, 6.45) is -8.88. The van der Waals surface area contributed by atoms with E-state index in [1.807, 2.05) is 0 Å². The number of hydrogen-bond acceptors (Lipinski definition) is 3. The number of halogens is 5. The minimum Gasteiger partial charge on any atom is -0.384 e. The highest BCUT2D eigenvalue weighted by molar-refractivity contribution is 5.44. The first-order chi connectivity index (χ1) is 7.77. The lowest BCUT2D eigenvalue weighted by Crippen LogP contribution is -2.14. The van der Waals surface area contributed by atoms with Gasteiger partial charge in [0.15, 0.2) is 0 Å². The van der Waals surface area contributed by atoms with Gasteiger partial charge in [0.25, 0.3) is 6.43 Å². The third kappa shape index (κ3) is 2.81. The van der Waals surface area contributed by atoms with Crippen LogP contribution in [-0.4, -0.2) is 4.98 Å². The van der Waals surface area contributed by atoms with E-state index in [2.05, 4.69) is 4.98 Å². The molecule has 1 aromatic rings. The van der Waals surface area contributed by atoms with E-state index >= 15 is 0 Å². The van der Waals surface area contributed by atoms with Crippen molar-refractivity contribution < 1.29 is 22.0 Å². The monoisotopic (exact) mass is 251 g/mol. The summed E-state index contributed by atoms with van der Waals surface area (Å²) >= 11 is 0. The van der Waals surface area contributed by atoms with Crippen LogP contribution >= 0.6 is 0 Å². The van der Waals surface area contributed by atoms with Crippen LogP contribution in [0.2, 0.25) is 0 Å². The quantitative estimate of drug-likeness (QED) is 0.822. The molecule has 0 bridgehead atoms. The second kappa shape index (κ2) is 4.53. The number of alkyl halides is 5. The molecule has 0 fully saturated rings. The van der Waals surface area contributed by atoms with Gasteiger partial charge in [0.05, 0.1) is 18.1 Å². The summed E-state index contributed by atoms with van der Waals surface area (Å²) in [5, 5.41) is 8.36. The van der Waals surface area contributed by atoms with Crippen molar-refractivity contribution in [1.29, 1.82) is 5.26 Å². The van der Waals surface area contributed by atoms with Crippen LogP contribution in [0.3, 0.4) is 0 Å². The lowest BCUT2D eigenvalue weighted by atomic mass is 10.0. The lowest BCUT2D eigenvalue weighted by molar-refractivity contribution is -0.138. The lowest BCUT2D eigenvalue weighted by Gasteiger charge is -2.14. The van der Waals surface area contributed by atoms with E-state index in [9.17, 15) is 22.0 Å². The minimum absolute atomic E-state index is 0.443. The summed E-state index contributed by atoms with van der Waals surface area (Å²) in [6, 6.07) is 1.84. The molecule has 0 amide bonds. The molecule has 1 heterocycles. The molecule has 0 saturated carbocycles. The van der Waals surface area contributed by atoms with Gasteiger partial charge in [-0.3, -0.25) is 0 Å². The largest absolute Gasteiger partial charge is 0.416 e. The molecule has 0 aliphatic carbocycles. The normalized spacial score (nSPS) is 11.6. The number of hydrogen-bond donors (Lipinski definition) is 1. The van der Waals surface area contributed by atoms with Gasteiger partial charge in [-0.1, -0.05) is 0 Å². The average molecular weight is 251 g/mol. The van der Waals surface area contributed by atoms with E-state index in [0.29, 0.717) is 6.07 Å². The molecule has 0 aliphatic rings. The van der Waals surface area contributed by atoms with Crippen LogP contribution in [0.25, 0.3) is 0 Å². The molecule has 1 aromatic heterocycles. The SMILES string of the molecule is N#CCc1c(C(F)(F)F)cc(N)nc1C(F)F. The molecule has 0 aromatic carbocycles. The molecule has 0 unspecified atom stereocenters. The number of nitrogens with two attached hydrogens (primary N) is 1. The third-order valence-electron chi connectivity index (χ3n) is 1.94. The Balaban J connectivity index is 3.53. The second-order valence-corrected chi connectivity index (χ2v) is 3.09. The molecule has 0 radical (unpaired) electrons. The fourth-order valence-electron chi connectivity index (χ4n) is 1.31. The molecule has 92 valence electrons. The van der Waals surface area contributed by atoms with Crippen LogP contribution in [0.15, 0.2) is 6.07 Å². The molecule has 0 saturated heterocycles. The van der Waals surface area contributed by atoms with Crippen LogP contribution in [0.5, 0.6) is 0 Å². The molecule has 3 nitrogen and oxygen atoms in total. The highest BCUT2D eigenvalue weighted by atomic mass is 19.4. The van der Waals surface area contributed by atoms with Crippen molar-refractivity contribution in [2.75, 3.05) is 5.73 Å². The number of pyridine rings is 1. The van der Waals surface area contributed by atoms with Gasteiger partial charge < -0.3 is 5.73 Å². The summed E-state index contributed by atoms with van der Waals surface area (Å²) < 4.78 is 62.7. The minimum atomic E-state index is -4.85. The zero-order valence-corrected chi connectivity index (χ0v) is 8.22. The van der Waals surface area contributed by atoms with Gasteiger partial charge in [0.1, 0.15) is 11.5 Å². The summed E-state index contributed by atoms with van der Waals surface area (Å²) in [6.45, 7) is 0. The number of rotatable bonds is 2. The Kier molecular flexibility index (Phi) is 3.50. The molecular formula is C9H6F5N3. The number of nitrogens with zero attached hydrogens (tertiary/aromatic N) is 2. The Labute approximate surface area is 92.7 Å². The maximum Gasteiger partial charge on any atom is 0.416 e. The van der Waals surface area contributed by atoms with Crippen LogP contribution in [0.1, 0.15) is 23.2 Å². The average Bonchev–Trinajstić information content (AvgIpc) is 2.18. The predicted octanol–water partition coefficient (Wildman–Crippen LogP) is 2.69. The van der Waals surface area contributed by atoms with E-state index < -0.39 is 41.7 Å². The molecule has 0 atom stereocenters. The van der Waals surface area contributed by atoms with E-state index in [1.54, 1.807) is 0 Å². The fourth-order valence-corrected chi connectivity index (χ4v) is 1.31. The molecule has 1 rings (SSSR count). The highest BCUT2D eigenvalue weighted by Crippen LogP contribution is 2.36. The molecule has 0 spiro atoms. The van der Waals surface area contributed by atoms with Crippen LogP contribution < -0.4 is 5.73 Å². The van der Waals surface area contributed by atoms with E-state index in [1.165, 1.54) is 6.07 Å². The number of anilines is 1. The van der Waals surface area contributed by atoms with Crippen molar-refractivity contribution in [2.24, 2.45) is 0 Å². The van der Waals surface area contributed by atoms with Gasteiger partial charge in [-0.25, -0.2) is 13.8 Å². The highest BCUT2D eigenvalue weighted by Gasteiger charge is 2.36. The Hall–Kier alpha value is -1.91. The molecular weight excluding hydrogens is 245 g/mol. The van der Waals surface area contributed by atoms with E-state index in [-0.39, 0.29) is 0 Å². The van der Waals surface area contributed by atoms with Crippen molar-refractivity contribution in [3.05, 3.63) is 22.9 Å². The Morgan fingerprint density at radius 1 is 1.41 bits per heavy atom. The van der Waals surface area contributed by atoms with Crippen molar-refractivity contribution in [3.63, 3.8) is 0 Å². The van der Waals surface area contributed by atoms with Crippen molar-refractivity contribution in [3.8, 4) is 6.07 Å². The number of nitrogen functional groups attached to an aromatic ring is 1. The zero-order chi connectivity index (χ0) is 13.2. The molecule has 0 aliphatic heterocycles. The first-order valence-electron chi connectivity index (χ1n) is 4.29. The van der Waals surface area contributed by atoms with Gasteiger partial charge in [0.2, 0.25) is 0 Å². The van der Waals surface area contributed by atoms with Gasteiger partial charge in [-0.2, -0.15) is 18.4 Å². The van der Waals surface area contributed by atoms with Gasteiger partial charge in [0, 0.05) is 5.56 Å². The molecule has 17 heavy (non-hydrogen) atoms. The Bertz CT molecular complexity index is 461. The summed E-state index contributed by atoms with van der Waals surface area (Å²) in [5.41, 5.74) is 1.76. The predicted molar refractivity (Wildman–Crippen MR) is 47.9 cm³/mol. The van der Waals surface area contributed by atoms with E-state index in [0.717, 1.165) is 0 Å². The number of aromatic nitrogens is 1. The molecule has 2 N–H and O–H groups in total. The van der Waals surface area contributed by atoms with Gasteiger partial charge in [-0.05, 0) is 6.07 Å². The first-order valence-corrected chi connectivity index (χ1v) is 4.29. The zero-order valence-electron chi connectivity index (χ0n) is 8.22. The topological polar surface area (TPSA) is 62.7 Å². The summed E-state index contributed by atoms with van der Waals surface area (Å²) in [7, 11) is 0. The van der Waals surface area contributed by atoms with E-state index in [4.69, 9.17) is 11.0 Å². The fraction of sp³-hybridized carbons (Fsp3) is 0.333. The van der Waals surface area contributed by atoms with Crippen molar-refractivity contribution in [1.82, 2.24) is 4.98 Å². The third-order valence-corrected chi connectivity index (χ3v) is 1.94. The standard InChI is InChI=1S/C9H6F5N3/c10-8(11)7-4(1-2-15)5(9(12,13)14)3-6(16)17-7/h3,8H,1H2,(H2,16,17). The van der Waals surface area contributed by atoms with Crippen molar-refractivity contribution >= 4 is 5.82 Å². The maximum atomic E-state index is 12.6. The van der Waals surface area contributed by atoms with Gasteiger partial charge in [-0.15, -0.1) is 0 Å². The summed E-state index contributed by atoms with van der Waals surface area (Å²) in [4.78, 5) is 3.14. The van der Waals surface area contributed by atoms with Crippen molar-refractivity contribution in [2.45, 2.75) is 19.0 Å².